The van der Waals surface area contributed by atoms with Crippen LogP contribution in [0.2, 0.25) is 5.15 Å². The summed E-state index contributed by atoms with van der Waals surface area (Å²) in [5.74, 6) is 0.661. The second kappa shape index (κ2) is 5.62. The Hall–Kier alpha value is -1.82. The van der Waals surface area contributed by atoms with Crippen LogP contribution in [0.3, 0.4) is 0 Å². The third-order valence-corrected chi connectivity index (χ3v) is 5.77. The van der Waals surface area contributed by atoms with Crippen LogP contribution in [0, 0.1) is 12.8 Å². The molecule has 1 aliphatic heterocycles. The van der Waals surface area contributed by atoms with E-state index in [-0.39, 0.29) is 17.9 Å². The van der Waals surface area contributed by atoms with Crippen molar-refractivity contribution in [2.45, 2.75) is 38.1 Å². The molecule has 2 aromatic heterocycles. The Morgan fingerprint density at radius 2 is 2.17 bits per heavy atom. The molecule has 2 fully saturated rings. The fraction of sp³-hybridized carbons (Fsp3) is 0.588. The molecule has 2 aliphatic rings. The van der Waals surface area contributed by atoms with Gasteiger partial charge < -0.3 is 4.90 Å². The number of hydrogen-bond donors (Lipinski definition) is 0. The van der Waals surface area contributed by atoms with E-state index in [0.29, 0.717) is 11.1 Å². The fourth-order valence-electron chi connectivity index (χ4n) is 4.04. The van der Waals surface area contributed by atoms with E-state index < -0.39 is 0 Å². The van der Waals surface area contributed by atoms with E-state index in [0.717, 1.165) is 37.1 Å². The summed E-state index contributed by atoms with van der Waals surface area (Å²) in [6.45, 7) is 2.78. The number of amides is 1. The summed E-state index contributed by atoms with van der Waals surface area (Å²) in [6.07, 6.45) is 6.80. The van der Waals surface area contributed by atoms with Crippen LogP contribution in [0.15, 0.2) is 12.4 Å². The average Bonchev–Trinajstić information content (AvgIpc) is 2.84. The van der Waals surface area contributed by atoms with Crippen molar-refractivity contribution in [3.05, 3.63) is 34.4 Å². The van der Waals surface area contributed by atoms with Crippen molar-refractivity contribution < 1.29 is 4.79 Å². The molecule has 0 aromatic carbocycles. The molecule has 0 N–H and O–H groups in total. The highest BCUT2D eigenvalue weighted by Gasteiger charge is 2.48. The Morgan fingerprint density at radius 3 is 2.79 bits per heavy atom. The Balaban J connectivity index is 1.54. The summed E-state index contributed by atoms with van der Waals surface area (Å²) in [5, 5.41) is 9.28. The largest absolute Gasteiger partial charge is 0.335 e. The number of likely N-dealkylation sites (tertiary alicyclic amines) is 1. The predicted octanol–water partition coefficient (Wildman–Crippen LogP) is 2.58. The molecular weight excluding hydrogens is 326 g/mol. The van der Waals surface area contributed by atoms with Crippen molar-refractivity contribution in [2.75, 3.05) is 6.54 Å². The summed E-state index contributed by atoms with van der Waals surface area (Å²) >= 11 is 6.44. The summed E-state index contributed by atoms with van der Waals surface area (Å²) in [7, 11) is 3.76. The van der Waals surface area contributed by atoms with Crippen LogP contribution in [0.5, 0.6) is 0 Å². The van der Waals surface area contributed by atoms with E-state index in [4.69, 9.17) is 11.6 Å². The summed E-state index contributed by atoms with van der Waals surface area (Å²) in [6, 6.07) is 0.0637. The molecule has 1 saturated carbocycles. The molecule has 24 heavy (non-hydrogen) atoms. The summed E-state index contributed by atoms with van der Waals surface area (Å²) in [5.41, 5.74) is 3.11. The molecule has 0 radical (unpaired) electrons. The van der Waals surface area contributed by atoms with Gasteiger partial charge in [0.15, 0.2) is 0 Å². The number of aryl methyl sites for hydroxylation is 3. The molecule has 6 nitrogen and oxygen atoms in total. The maximum atomic E-state index is 13.0. The Labute approximate surface area is 146 Å². The minimum Gasteiger partial charge on any atom is -0.335 e. The monoisotopic (exact) mass is 347 g/mol. The van der Waals surface area contributed by atoms with Gasteiger partial charge >= 0.3 is 0 Å². The lowest BCUT2D eigenvalue weighted by molar-refractivity contribution is -0.133. The minimum atomic E-state index is 0.0637. The van der Waals surface area contributed by atoms with E-state index in [1.165, 1.54) is 5.56 Å². The van der Waals surface area contributed by atoms with Crippen LogP contribution in [0.25, 0.3) is 0 Å². The van der Waals surface area contributed by atoms with Crippen LogP contribution >= 0.6 is 11.6 Å². The maximum absolute atomic E-state index is 13.0. The minimum absolute atomic E-state index is 0.0637. The highest BCUT2D eigenvalue weighted by atomic mass is 35.5. The maximum Gasteiger partial charge on any atom is 0.226 e. The van der Waals surface area contributed by atoms with Crippen LogP contribution in [-0.4, -0.2) is 36.9 Å². The van der Waals surface area contributed by atoms with Crippen molar-refractivity contribution in [1.29, 1.82) is 0 Å². The summed E-state index contributed by atoms with van der Waals surface area (Å²) in [4.78, 5) is 15.1. The average molecular weight is 348 g/mol. The molecule has 4 rings (SSSR count). The first kappa shape index (κ1) is 15.7. The smallest absolute Gasteiger partial charge is 0.226 e. The SMILES string of the molecule is Cc1nn(C)c(Cl)c1[C@@H]1CCCN1C(=O)[C@H]1C[C@H]1c1cnn(C)c1. The van der Waals surface area contributed by atoms with Crippen molar-refractivity contribution in [3.63, 3.8) is 0 Å². The first-order valence-corrected chi connectivity index (χ1v) is 8.83. The molecular formula is C17H22ClN5O. The zero-order valence-corrected chi connectivity index (χ0v) is 15.0. The number of aromatic nitrogens is 4. The van der Waals surface area contributed by atoms with Gasteiger partial charge in [-0.15, -0.1) is 0 Å². The molecule has 0 unspecified atom stereocenters. The standard InChI is InChI=1S/C17H22ClN5O/c1-10-15(16(18)22(3)20-10)14-5-4-6-23(14)17(24)13-7-12(13)11-8-19-21(2)9-11/h8-9,12-14H,4-7H2,1-3H3/t12-,13-,14-/m0/s1. The van der Waals surface area contributed by atoms with Gasteiger partial charge in [-0.1, -0.05) is 11.6 Å². The lowest BCUT2D eigenvalue weighted by atomic mass is 10.1. The predicted molar refractivity (Wildman–Crippen MR) is 90.7 cm³/mol. The number of hydrogen-bond acceptors (Lipinski definition) is 3. The Morgan fingerprint density at radius 1 is 1.38 bits per heavy atom. The van der Waals surface area contributed by atoms with Crippen molar-refractivity contribution in [3.8, 4) is 0 Å². The van der Waals surface area contributed by atoms with Crippen LogP contribution in [-0.2, 0) is 18.9 Å². The van der Waals surface area contributed by atoms with Crippen molar-refractivity contribution in [2.24, 2.45) is 20.0 Å². The lowest BCUT2D eigenvalue weighted by Crippen LogP contribution is -2.32. The van der Waals surface area contributed by atoms with Crippen LogP contribution in [0.1, 0.15) is 48.0 Å². The highest BCUT2D eigenvalue weighted by Crippen LogP contribution is 2.50. The molecule has 0 spiro atoms. The van der Waals surface area contributed by atoms with Gasteiger partial charge in [0.1, 0.15) is 5.15 Å². The van der Waals surface area contributed by atoms with E-state index in [9.17, 15) is 4.79 Å². The van der Waals surface area contributed by atoms with E-state index in [1.54, 1.807) is 9.36 Å². The number of rotatable bonds is 3. The zero-order chi connectivity index (χ0) is 17.0. The van der Waals surface area contributed by atoms with Gasteiger partial charge in [-0.25, -0.2) is 0 Å². The molecule has 1 saturated heterocycles. The molecule has 1 amide bonds. The first-order valence-electron chi connectivity index (χ1n) is 8.45. The highest BCUT2D eigenvalue weighted by molar-refractivity contribution is 6.30. The Kier molecular flexibility index (Phi) is 3.67. The first-order chi connectivity index (χ1) is 11.5. The molecule has 3 heterocycles. The van der Waals surface area contributed by atoms with Gasteiger partial charge in [-0.05, 0) is 37.7 Å². The number of carbonyl (C=O) groups is 1. The van der Waals surface area contributed by atoms with E-state index >= 15 is 0 Å². The topological polar surface area (TPSA) is 56.0 Å². The van der Waals surface area contributed by atoms with Gasteiger partial charge in [-0.2, -0.15) is 10.2 Å². The van der Waals surface area contributed by atoms with Gasteiger partial charge in [0.05, 0.1) is 17.9 Å². The van der Waals surface area contributed by atoms with Gasteiger partial charge in [0.2, 0.25) is 5.91 Å². The van der Waals surface area contributed by atoms with Crippen LogP contribution < -0.4 is 0 Å². The normalized spacial score (nSPS) is 26.2. The molecule has 1 aliphatic carbocycles. The van der Waals surface area contributed by atoms with Crippen molar-refractivity contribution in [1.82, 2.24) is 24.5 Å². The molecule has 128 valence electrons. The molecule has 3 atom stereocenters. The fourth-order valence-corrected chi connectivity index (χ4v) is 4.34. The Bertz CT molecular complexity index is 795. The molecule has 2 aromatic rings. The number of nitrogens with zero attached hydrogens (tertiary/aromatic N) is 5. The van der Waals surface area contributed by atoms with Gasteiger partial charge in [-0.3, -0.25) is 14.2 Å². The van der Waals surface area contributed by atoms with Gasteiger partial charge in [0, 0.05) is 38.3 Å². The molecule has 7 heteroatoms. The van der Waals surface area contributed by atoms with Crippen LogP contribution in [0.4, 0.5) is 0 Å². The number of carbonyl (C=O) groups excluding carboxylic acids is 1. The second-order valence-electron chi connectivity index (χ2n) is 7.00. The molecule has 0 bridgehead atoms. The lowest BCUT2D eigenvalue weighted by Gasteiger charge is -2.25. The quantitative estimate of drug-likeness (QED) is 0.857. The van der Waals surface area contributed by atoms with E-state index in [1.807, 2.05) is 38.3 Å². The number of halogens is 1. The summed E-state index contributed by atoms with van der Waals surface area (Å²) < 4.78 is 3.50. The third kappa shape index (κ3) is 2.44. The zero-order valence-electron chi connectivity index (χ0n) is 14.2. The van der Waals surface area contributed by atoms with Gasteiger partial charge in [0.25, 0.3) is 0 Å². The van der Waals surface area contributed by atoms with Crippen molar-refractivity contribution >= 4 is 17.5 Å². The van der Waals surface area contributed by atoms with E-state index in [2.05, 4.69) is 10.2 Å². The third-order valence-electron chi connectivity index (χ3n) is 5.33. The second-order valence-corrected chi connectivity index (χ2v) is 7.36.